The minimum atomic E-state index is -0.721. The number of hydrogen-bond donors (Lipinski definition) is 1. The zero-order valence-corrected chi connectivity index (χ0v) is 11.5. The zero-order chi connectivity index (χ0) is 14.7. The number of morpholine rings is 1. The molecule has 2 rings (SSSR count). The highest BCUT2D eigenvalue weighted by atomic mass is 19.1. The Balaban J connectivity index is 2.30. The molecule has 0 spiro atoms. The van der Waals surface area contributed by atoms with Gasteiger partial charge in [-0.2, -0.15) is 0 Å². The van der Waals surface area contributed by atoms with Gasteiger partial charge in [0.15, 0.2) is 0 Å². The van der Waals surface area contributed by atoms with E-state index in [0.29, 0.717) is 6.61 Å². The highest BCUT2D eigenvalue weighted by molar-refractivity contribution is 5.98. The Kier molecular flexibility index (Phi) is 4.34. The topological polar surface area (TPSA) is 58.6 Å². The molecule has 1 fully saturated rings. The van der Waals surface area contributed by atoms with Crippen LogP contribution in [0.3, 0.4) is 0 Å². The molecule has 1 unspecified atom stereocenters. The summed E-state index contributed by atoms with van der Waals surface area (Å²) in [6, 6.07) is 3.63. The molecule has 1 heterocycles. The van der Waals surface area contributed by atoms with Gasteiger partial charge in [0.2, 0.25) is 5.91 Å². The van der Waals surface area contributed by atoms with Gasteiger partial charge in [0.05, 0.1) is 18.8 Å². The van der Waals surface area contributed by atoms with Crippen LogP contribution in [0.4, 0.5) is 4.39 Å². The predicted molar refractivity (Wildman–Crippen MR) is 70.8 cm³/mol. The summed E-state index contributed by atoms with van der Waals surface area (Å²) in [4.78, 5) is 25.6. The van der Waals surface area contributed by atoms with Crippen LogP contribution in [0.15, 0.2) is 18.2 Å². The molecule has 0 aromatic heterocycles. The summed E-state index contributed by atoms with van der Waals surface area (Å²) in [5, 5.41) is 2.49. The van der Waals surface area contributed by atoms with Gasteiger partial charge in [-0.3, -0.25) is 9.59 Å². The van der Waals surface area contributed by atoms with Crippen LogP contribution in [0.25, 0.3) is 0 Å². The number of benzene rings is 1. The second-order valence-corrected chi connectivity index (χ2v) is 4.69. The monoisotopic (exact) mass is 280 g/mol. The standard InChI is InChI=1S/C14H17FN2O3/c1-9-3-4-11(15)10(7-9)14(19)17-5-6-20-8-12(17)13(18)16-2/h3-4,7,12H,5-6,8H2,1-2H3,(H,16,18). The first kappa shape index (κ1) is 14.5. The summed E-state index contributed by atoms with van der Waals surface area (Å²) in [5.41, 5.74) is 0.778. The normalized spacial score (nSPS) is 18.8. The van der Waals surface area contributed by atoms with Gasteiger partial charge in [-0.25, -0.2) is 4.39 Å². The van der Waals surface area contributed by atoms with Crippen molar-refractivity contribution in [2.24, 2.45) is 0 Å². The molecule has 0 radical (unpaired) electrons. The molecule has 0 aliphatic carbocycles. The molecule has 1 N–H and O–H groups in total. The molecule has 2 amide bonds. The average Bonchev–Trinajstić information content (AvgIpc) is 2.48. The Labute approximate surface area is 116 Å². The van der Waals surface area contributed by atoms with Crippen molar-refractivity contribution in [3.05, 3.63) is 35.1 Å². The highest BCUT2D eigenvalue weighted by Crippen LogP contribution is 2.17. The van der Waals surface area contributed by atoms with Crippen LogP contribution < -0.4 is 5.32 Å². The number of halogens is 1. The molecular formula is C14H17FN2O3. The minimum absolute atomic E-state index is 0.0131. The molecule has 20 heavy (non-hydrogen) atoms. The van der Waals surface area contributed by atoms with Crippen molar-refractivity contribution in [1.82, 2.24) is 10.2 Å². The van der Waals surface area contributed by atoms with Gasteiger partial charge in [0.1, 0.15) is 11.9 Å². The fourth-order valence-electron chi connectivity index (χ4n) is 2.19. The number of hydrogen-bond acceptors (Lipinski definition) is 3. The van der Waals surface area contributed by atoms with E-state index in [0.717, 1.165) is 5.56 Å². The number of rotatable bonds is 2. The van der Waals surface area contributed by atoms with Crippen LogP contribution in [0.5, 0.6) is 0 Å². The van der Waals surface area contributed by atoms with Crippen molar-refractivity contribution in [3.8, 4) is 0 Å². The molecule has 1 saturated heterocycles. The lowest BCUT2D eigenvalue weighted by Crippen LogP contribution is -2.55. The van der Waals surface area contributed by atoms with Gasteiger partial charge in [-0.15, -0.1) is 0 Å². The first-order valence-corrected chi connectivity index (χ1v) is 6.41. The first-order chi connectivity index (χ1) is 9.54. The third kappa shape index (κ3) is 2.80. The second kappa shape index (κ2) is 6.00. The Morgan fingerprint density at radius 1 is 1.45 bits per heavy atom. The van der Waals surface area contributed by atoms with E-state index in [2.05, 4.69) is 5.32 Å². The fraction of sp³-hybridized carbons (Fsp3) is 0.429. The molecule has 108 valence electrons. The van der Waals surface area contributed by atoms with Gasteiger partial charge in [0.25, 0.3) is 5.91 Å². The maximum absolute atomic E-state index is 13.8. The van der Waals surface area contributed by atoms with Crippen molar-refractivity contribution in [3.63, 3.8) is 0 Å². The summed E-state index contributed by atoms with van der Waals surface area (Å²) in [6.45, 7) is 2.52. The van der Waals surface area contributed by atoms with Crippen LogP contribution in [-0.4, -0.2) is 49.6 Å². The molecule has 0 saturated carbocycles. The van der Waals surface area contributed by atoms with Crippen molar-refractivity contribution in [2.45, 2.75) is 13.0 Å². The quantitative estimate of drug-likeness (QED) is 0.868. The lowest BCUT2D eigenvalue weighted by atomic mass is 10.1. The van der Waals surface area contributed by atoms with E-state index in [1.54, 1.807) is 13.0 Å². The first-order valence-electron chi connectivity index (χ1n) is 6.41. The SMILES string of the molecule is CNC(=O)C1COCCN1C(=O)c1cc(C)ccc1F. The number of amides is 2. The molecule has 0 bridgehead atoms. The summed E-state index contributed by atoms with van der Waals surface area (Å²) < 4.78 is 19.0. The number of nitrogens with one attached hydrogen (secondary N) is 1. The fourth-order valence-corrected chi connectivity index (χ4v) is 2.19. The van der Waals surface area contributed by atoms with Crippen molar-refractivity contribution >= 4 is 11.8 Å². The average molecular weight is 280 g/mol. The number of nitrogens with zero attached hydrogens (tertiary/aromatic N) is 1. The molecular weight excluding hydrogens is 263 g/mol. The van der Waals surface area contributed by atoms with E-state index >= 15 is 0 Å². The van der Waals surface area contributed by atoms with Crippen molar-refractivity contribution in [1.29, 1.82) is 0 Å². The number of carbonyl (C=O) groups excluding carboxylic acids is 2. The number of carbonyl (C=O) groups is 2. The van der Waals surface area contributed by atoms with Gasteiger partial charge in [-0.05, 0) is 19.1 Å². The zero-order valence-electron chi connectivity index (χ0n) is 11.5. The van der Waals surface area contributed by atoms with Gasteiger partial charge >= 0.3 is 0 Å². The highest BCUT2D eigenvalue weighted by Gasteiger charge is 2.33. The number of likely N-dealkylation sites (N-methyl/N-ethyl adjacent to an activating group) is 1. The van der Waals surface area contributed by atoms with Crippen LogP contribution >= 0.6 is 0 Å². The van der Waals surface area contributed by atoms with E-state index in [4.69, 9.17) is 4.74 Å². The van der Waals surface area contributed by atoms with E-state index in [1.807, 2.05) is 0 Å². The second-order valence-electron chi connectivity index (χ2n) is 4.69. The Morgan fingerprint density at radius 3 is 2.90 bits per heavy atom. The predicted octanol–water partition coefficient (Wildman–Crippen LogP) is 0.721. The molecule has 5 nitrogen and oxygen atoms in total. The summed E-state index contributed by atoms with van der Waals surface area (Å²) in [6.07, 6.45) is 0. The lowest BCUT2D eigenvalue weighted by molar-refractivity contribution is -0.130. The van der Waals surface area contributed by atoms with E-state index in [-0.39, 0.29) is 24.6 Å². The number of ether oxygens (including phenoxy) is 1. The molecule has 1 aromatic carbocycles. The van der Waals surface area contributed by atoms with Gasteiger partial charge in [-0.1, -0.05) is 11.6 Å². The third-order valence-corrected chi connectivity index (χ3v) is 3.29. The Bertz CT molecular complexity index is 533. The van der Waals surface area contributed by atoms with Crippen LogP contribution in [-0.2, 0) is 9.53 Å². The largest absolute Gasteiger partial charge is 0.377 e. The van der Waals surface area contributed by atoms with Crippen LogP contribution in [0.2, 0.25) is 0 Å². The third-order valence-electron chi connectivity index (χ3n) is 3.29. The van der Waals surface area contributed by atoms with Crippen molar-refractivity contribution in [2.75, 3.05) is 26.8 Å². The summed E-state index contributed by atoms with van der Waals surface area (Å²) >= 11 is 0. The van der Waals surface area contributed by atoms with Crippen LogP contribution in [0.1, 0.15) is 15.9 Å². The molecule has 1 aliphatic rings. The van der Waals surface area contributed by atoms with E-state index in [1.165, 1.54) is 24.1 Å². The summed E-state index contributed by atoms with van der Waals surface area (Å²) in [5.74, 6) is -1.38. The maximum Gasteiger partial charge on any atom is 0.257 e. The van der Waals surface area contributed by atoms with E-state index in [9.17, 15) is 14.0 Å². The lowest BCUT2D eigenvalue weighted by Gasteiger charge is -2.34. The smallest absolute Gasteiger partial charge is 0.257 e. The number of aryl methyl sites for hydroxylation is 1. The Hall–Kier alpha value is -1.95. The van der Waals surface area contributed by atoms with Gasteiger partial charge in [0, 0.05) is 13.6 Å². The molecule has 1 atom stereocenters. The molecule has 1 aliphatic heterocycles. The Morgan fingerprint density at radius 2 is 2.20 bits per heavy atom. The van der Waals surface area contributed by atoms with Crippen molar-refractivity contribution < 1.29 is 18.7 Å². The van der Waals surface area contributed by atoms with Crippen LogP contribution in [0, 0.1) is 12.7 Å². The van der Waals surface area contributed by atoms with E-state index < -0.39 is 17.8 Å². The summed E-state index contributed by atoms with van der Waals surface area (Å²) in [7, 11) is 1.49. The van der Waals surface area contributed by atoms with Gasteiger partial charge < -0.3 is 15.0 Å². The molecule has 6 heteroatoms. The maximum atomic E-state index is 13.8. The minimum Gasteiger partial charge on any atom is -0.377 e. The molecule has 1 aromatic rings.